The van der Waals surface area contributed by atoms with E-state index >= 15 is 0 Å². The predicted molar refractivity (Wildman–Crippen MR) is 131 cm³/mol. The van der Waals surface area contributed by atoms with Crippen LogP contribution >= 0.6 is 22.9 Å². The second kappa shape index (κ2) is 9.24. The van der Waals surface area contributed by atoms with Gasteiger partial charge in [0.2, 0.25) is 0 Å². The Hall–Kier alpha value is -3.75. The number of halogens is 1. The van der Waals surface area contributed by atoms with Crippen molar-refractivity contribution in [3.8, 4) is 5.69 Å². The van der Waals surface area contributed by atoms with Crippen molar-refractivity contribution >= 4 is 34.8 Å². The standard InChI is InChI=1S/C25H19ClN4O3S/c26-21-10-9-20(34-21)25(33)28-19-13-16-3-1-2-4-18(16)23(19)29-24(32)15-5-7-17(8-6-15)30-12-11-27-14-22(30)31/h1-12,14,19,23H,13H2,(H,28,33)(H,29,32)/t19-,23+/m0/s1. The molecule has 7 nitrogen and oxygen atoms in total. The molecule has 0 bridgehead atoms. The SMILES string of the molecule is O=C(N[C@@H]1c2ccccc2C[C@@H]1NC(=O)c1ccc(Cl)s1)c1ccc(-n2ccncc2=O)cc1. The van der Waals surface area contributed by atoms with Gasteiger partial charge in [0.25, 0.3) is 17.4 Å². The molecule has 1 aliphatic rings. The van der Waals surface area contributed by atoms with E-state index in [1.165, 1.54) is 28.3 Å². The first-order chi connectivity index (χ1) is 16.5. The summed E-state index contributed by atoms with van der Waals surface area (Å²) >= 11 is 7.19. The average Bonchev–Trinajstić information content (AvgIpc) is 3.43. The van der Waals surface area contributed by atoms with Crippen molar-refractivity contribution in [1.82, 2.24) is 20.2 Å². The van der Waals surface area contributed by atoms with Crippen molar-refractivity contribution in [2.45, 2.75) is 18.5 Å². The molecule has 5 rings (SSSR count). The molecule has 0 aliphatic heterocycles. The molecule has 2 heterocycles. The maximum absolute atomic E-state index is 13.1. The van der Waals surface area contributed by atoms with Crippen molar-refractivity contribution in [3.05, 3.63) is 116 Å². The van der Waals surface area contributed by atoms with Crippen molar-refractivity contribution in [3.63, 3.8) is 0 Å². The fourth-order valence-electron chi connectivity index (χ4n) is 4.14. The summed E-state index contributed by atoms with van der Waals surface area (Å²) in [5.41, 5.74) is 2.88. The highest BCUT2D eigenvalue weighted by Gasteiger charge is 2.35. The molecule has 0 radical (unpaired) electrons. The number of rotatable bonds is 5. The van der Waals surface area contributed by atoms with Gasteiger partial charge in [-0.2, -0.15) is 0 Å². The lowest BCUT2D eigenvalue weighted by atomic mass is 10.1. The van der Waals surface area contributed by atoms with E-state index in [4.69, 9.17) is 11.6 Å². The van der Waals surface area contributed by atoms with Gasteiger partial charge >= 0.3 is 0 Å². The van der Waals surface area contributed by atoms with Crippen molar-refractivity contribution in [2.75, 3.05) is 0 Å². The summed E-state index contributed by atoms with van der Waals surface area (Å²) in [6.45, 7) is 0. The third-order valence-electron chi connectivity index (χ3n) is 5.76. The number of thiophene rings is 1. The molecule has 2 aromatic heterocycles. The Bertz CT molecular complexity index is 1430. The third kappa shape index (κ3) is 4.37. The summed E-state index contributed by atoms with van der Waals surface area (Å²) in [5.74, 6) is -0.491. The fourth-order valence-corrected chi connectivity index (χ4v) is 5.09. The van der Waals surface area contributed by atoms with Gasteiger partial charge in [0, 0.05) is 23.6 Å². The molecule has 4 aromatic rings. The normalized spacial score (nSPS) is 16.6. The van der Waals surface area contributed by atoms with Crippen LogP contribution in [0.5, 0.6) is 0 Å². The fraction of sp³-hybridized carbons (Fsp3) is 0.120. The molecule has 0 fully saturated rings. The smallest absolute Gasteiger partial charge is 0.273 e. The molecule has 0 unspecified atom stereocenters. The lowest BCUT2D eigenvalue weighted by Gasteiger charge is -2.23. The zero-order valence-electron chi connectivity index (χ0n) is 17.8. The number of carbonyl (C=O) groups is 2. The van der Waals surface area contributed by atoms with Gasteiger partial charge in [-0.3, -0.25) is 23.9 Å². The number of carbonyl (C=O) groups excluding carboxylic acids is 2. The lowest BCUT2D eigenvalue weighted by Crippen LogP contribution is -2.44. The highest BCUT2D eigenvalue weighted by molar-refractivity contribution is 7.18. The molecule has 0 spiro atoms. The first-order valence-corrected chi connectivity index (χ1v) is 11.8. The molecule has 0 saturated heterocycles. The van der Waals surface area contributed by atoms with Crippen LogP contribution in [-0.4, -0.2) is 27.4 Å². The van der Waals surface area contributed by atoms with Crippen molar-refractivity contribution in [2.24, 2.45) is 0 Å². The second-order valence-corrected chi connectivity index (χ2v) is 9.58. The third-order valence-corrected chi connectivity index (χ3v) is 6.99. The molecular formula is C25H19ClN4O3S. The maximum atomic E-state index is 13.1. The Labute approximate surface area is 204 Å². The molecule has 2 amide bonds. The van der Waals surface area contributed by atoms with Crippen molar-refractivity contribution in [1.29, 1.82) is 0 Å². The van der Waals surface area contributed by atoms with E-state index in [0.29, 0.717) is 26.9 Å². The summed E-state index contributed by atoms with van der Waals surface area (Å²) in [4.78, 5) is 42.2. The van der Waals surface area contributed by atoms with Crippen LogP contribution in [0.3, 0.4) is 0 Å². The highest BCUT2D eigenvalue weighted by Crippen LogP contribution is 2.32. The van der Waals surface area contributed by atoms with Gasteiger partial charge in [-0.05, 0) is 53.9 Å². The zero-order valence-corrected chi connectivity index (χ0v) is 19.3. The zero-order chi connectivity index (χ0) is 23.7. The minimum absolute atomic E-state index is 0.221. The number of fused-ring (bicyclic) bond motifs is 1. The van der Waals surface area contributed by atoms with E-state index < -0.39 is 0 Å². The minimum Gasteiger partial charge on any atom is -0.346 e. The summed E-state index contributed by atoms with van der Waals surface area (Å²) in [7, 11) is 0. The van der Waals surface area contributed by atoms with Gasteiger partial charge in [-0.15, -0.1) is 11.3 Å². The van der Waals surface area contributed by atoms with Gasteiger partial charge in [0.1, 0.15) is 0 Å². The molecular weight excluding hydrogens is 472 g/mol. The van der Waals surface area contributed by atoms with Crippen LogP contribution in [0.15, 0.2) is 84.0 Å². The summed E-state index contributed by atoms with van der Waals surface area (Å²) < 4.78 is 1.99. The number of amides is 2. The van der Waals surface area contributed by atoms with Gasteiger partial charge in [-0.25, -0.2) is 0 Å². The van der Waals surface area contributed by atoms with Crippen LogP contribution < -0.4 is 16.2 Å². The van der Waals surface area contributed by atoms with Crippen LogP contribution in [-0.2, 0) is 6.42 Å². The predicted octanol–water partition coefficient (Wildman–Crippen LogP) is 3.77. The Kier molecular flexibility index (Phi) is 6.00. The molecule has 2 aromatic carbocycles. The van der Waals surface area contributed by atoms with E-state index in [0.717, 1.165) is 11.1 Å². The first kappa shape index (κ1) is 22.1. The van der Waals surface area contributed by atoms with Crippen LogP contribution in [0.25, 0.3) is 5.69 Å². The quantitative estimate of drug-likeness (QED) is 0.445. The second-order valence-electron chi connectivity index (χ2n) is 7.87. The van der Waals surface area contributed by atoms with Crippen LogP contribution in [0, 0.1) is 0 Å². The largest absolute Gasteiger partial charge is 0.346 e. The number of hydrogen-bond acceptors (Lipinski definition) is 5. The molecule has 2 N–H and O–H groups in total. The van der Waals surface area contributed by atoms with E-state index in [1.54, 1.807) is 42.6 Å². The van der Waals surface area contributed by atoms with Gasteiger partial charge < -0.3 is 10.6 Å². The Balaban J connectivity index is 1.36. The number of nitrogens with one attached hydrogen (secondary N) is 2. The first-order valence-electron chi connectivity index (χ1n) is 10.6. The molecule has 170 valence electrons. The molecule has 2 atom stereocenters. The maximum Gasteiger partial charge on any atom is 0.273 e. The summed E-state index contributed by atoms with van der Waals surface area (Å²) in [6.07, 6.45) is 4.94. The molecule has 1 aliphatic carbocycles. The monoisotopic (exact) mass is 490 g/mol. The van der Waals surface area contributed by atoms with Crippen LogP contribution in [0.2, 0.25) is 4.34 Å². The summed E-state index contributed by atoms with van der Waals surface area (Å²) in [5, 5.41) is 6.13. The Morgan fingerprint density at radius 3 is 2.53 bits per heavy atom. The molecule has 34 heavy (non-hydrogen) atoms. The van der Waals surface area contributed by atoms with E-state index in [9.17, 15) is 14.4 Å². The van der Waals surface area contributed by atoms with E-state index in [1.807, 2.05) is 24.3 Å². The Morgan fingerprint density at radius 1 is 1.00 bits per heavy atom. The minimum atomic E-state index is -0.384. The summed E-state index contributed by atoms with van der Waals surface area (Å²) in [6, 6.07) is 17.3. The number of nitrogens with zero attached hydrogens (tertiary/aromatic N) is 2. The highest BCUT2D eigenvalue weighted by atomic mass is 35.5. The van der Waals surface area contributed by atoms with Gasteiger partial charge in [0.05, 0.1) is 27.5 Å². The van der Waals surface area contributed by atoms with Crippen LogP contribution in [0.4, 0.5) is 0 Å². The van der Waals surface area contributed by atoms with E-state index in [-0.39, 0.29) is 29.5 Å². The van der Waals surface area contributed by atoms with Gasteiger partial charge in [-0.1, -0.05) is 35.9 Å². The number of aromatic nitrogens is 2. The average molecular weight is 491 g/mol. The molecule has 9 heteroatoms. The number of hydrogen-bond donors (Lipinski definition) is 2. The Morgan fingerprint density at radius 2 is 1.79 bits per heavy atom. The van der Waals surface area contributed by atoms with Crippen LogP contribution in [0.1, 0.15) is 37.2 Å². The topological polar surface area (TPSA) is 93.1 Å². The van der Waals surface area contributed by atoms with Gasteiger partial charge in [0.15, 0.2) is 0 Å². The molecule has 0 saturated carbocycles. The van der Waals surface area contributed by atoms with Crippen molar-refractivity contribution < 1.29 is 9.59 Å². The van der Waals surface area contributed by atoms with E-state index in [2.05, 4.69) is 15.6 Å². The lowest BCUT2D eigenvalue weighted by molar-refractivity contribution is 0.0890. The number of benzene rings is 2.